The van der Waals surface area contributed by atoms with E-state index in [1.807, 2.05) is 0 Å². The summed E-state index contributed by atoms with van der Waals surface area (Å²) in [5, 5.41) is 2.89. The lowest BCUT2D eigenvalue weighted by Crippen LogP contribution is -2.45. The van der Waals surface area contributed by atoms with Gasteiger partial charge in [-0.15, -0.1) is 0 Å². The van der Waals surface area contributed by atoms with Gasteiger partial charge in [0.15, 0.2) is 16.4 Å². The molecule has 27 heavy (non-hydrogen) atoms. The highest BCUT2D eigenvalue weighted by Crippen LogP contribution is 2.29. The molecule has 0 radical (unpaired) electrons. The highest BCUT2D eigenvalue weighted by Gasteiger charge is 2.28. The molecule has 0 spiro atoms. The van der Waals surface area contributed by atoms with E-state index in [1.165, 1.54) is 0 Å². The average Bonchev–Trinajstić information content (AvgIpc) is 2.62. The van der Waals surface area contributed by atoms with Gasteiger partial charge in [0.25, 0.3) is 5.91 Å². The Balaban J connectivity index is 1.75. The maximum Gasteiger partial charge on any atom is 0.307 e. The van der Waals surface area contributed by atoms with Crippen molar-refractivity contribution in [2.45, 2.75) is 50.5 Å². The van der Waals surface area contributed by atoms with Crippen molar-refractivity contribution in [3.8, 4) is 0 Å². The van der Waals surface area contributed by atoms with Crippen LogP contribution in [0.3, 0.4) is 0 Å². The van der Waals surface area contributed by atoms with E-state index in [1.54, 1.807) is 0 Å². The normalized spacial score (nSPS) is 22.9. The van der Waals surface area contributed by atoms with Gasteiger partial charge in [-0.3, -0.25) is 9.59 Å². The number of amides is 1. The molecule has 3 atom stereocenters. The zero-order valence-corrected chi connectivity index (χ0v) is 16.4. The van der Waals surface area contributed by atoms with E-state index < -0.39 is 34.0 Å². The third-order valence-corrected chi connectivity index (χ3v) is 6.90. The van der Waals surface area contributed by atoms with Crippen LogP contribution in [0.1, 0.15) is 39.5 Å². The summed E-state index contributed by atoms with van der Waals surface area (Å²) >= 11 is 0. The number of nitrogens with one attached hydrogen (secondary N) is 1. The van der Waals surface area contributed by atoms with Crippen LogP contribution in [-0.2, 0) is 24.2 Å². The highest BCUT2D eigenvalue weighted by molar-refractivity contribution is 7.91. The summed E-state index contributed by atoms with van der Waals surface area (Å²) < 4.78 is 42.0. The van der Waals surface area contributed by atoms with Crippen LogP contribution in [0.2, 0.25) is 0 Å². The largest absolute Gasteiger partial charge is 0.456 e. The van der Waals surface area contributed by atoms with E-state index in [2.05, 4.69) is 19.2 Å². The van der Waals surface area contributed by atoms with Gasteiger partial charge in [-0.25, -0.2) is 12.8 Å². The fourth-order valence-electron chi connectivity index (χ4n) is 3.23. The fraction of sp³-hybridized carbons (Fsp3) is 0.579. The number of carbonyl (C=O) groups is 2. The van der Waals surface area contributed by atoms with Crippen molar-refractivity contribution >= 4 is 21.7 Å². The number of carbonyl (C=O) groups excluding carboxylic acids is 2. The summed E-state index contributed by atoms with van der Waals surface area (Å²) in [4.78, 5) is 23.7. The quantitative estimate of drug-likeness (QED) is 0.562. The molecule has 1 amide bonds. The average molecular weight is 399 g/mol. The van der Waals surface area contributed by atoms with Gasteiger partial charge in [0, 0.05) is 6.04 Å². The number of ether oxygens (including phenoxy) is 1. The van der Waals surface area contributed by atoms with Crippen molar-refractivity contribution in [1.29, 1.82) is 0 Å². The van der Waals surface area contributed by atoms with Crippen molar-refractivity contribution in [1.82, 2.24) is 5.32 Å². The minimum atomic E-state index is -3.71. The first-order valence-corrected chi connectivity index (χ1v) is 10.8. The van der Waals surface area contributed by atoms with Crippen LogP contribution in [0.15, 0.2) is 29.2 Å². The fourth-order valence-corrected chi connectivity index (χ4v) is 4.45. The Morgan fingerprint density at radius 2 is 1.85 bits per heavy atom. The number of halogens is 1. The van der Waals surface area contributed by atoms with Crippen LogP contribution >= 0.6 is 0 Å². The summed E-state index contributed by atoms with van der Waals surface area (Å²) in [6, 6.07) is 4.45. The number of esters is 1. The Morgan fingerprint density at radius 3 is 2.52 bits per heavy atom. The number of hydrogen-bond donors (Lipinski definition) is 1. The first-order valence-electron chi connectivity index (χ1n) is 9.12. The minimum absolute atomic E-state index is 0.0603. The number of benzene rings is 1. The number of rotatable bonds is 7. The molecule has 1 aliphatic rings. The van der Waals surface area contributed by atoms with Crippen LogP contribution in [0, 0.1) is 17.7 Å². The number of hydrogen-bond acceptors (Lipinski definition) is 5. The standard InChI is InChI=1S/C19H26FNO5S/c1-13-4-3-5-17(14(13)2)21-18(22)12-26-19(23)10-11-27(24,25)16-8-6-15(20)7-9-16/h6-9,13-14,17H,3-5,10-12H2,1-2H3,(H,21,22)/t13-,14-,17+/m1/s1. The van der Waals surface area contributed by atoms with Crippen molar-refractivity contribution < 1.29 is 27.1 Å². The van der Waals surface area contributed by atoms with Crippen LogP contribution in [0.5, 0.6) is 0 Å². The molecular formula is C19H26FNO5S. The van der Waals surface area contributed by atoms with Crippen molar-refractivity contribution in [3.63, 3.8) is 0 Å². The molecule has 0 heterocycles. The van der Waals surface area contributed by atoms with Crippen LogP contribution < -0.4 is 5.32 Å². The zero-order chi connectivity index (χ0) is 20.0. The molecule has 1 saturated carbocycles. The van der Waals surface area contributed by atoms with Crippen LogP contribution in [0.25, 0.3) is 0 Å². The molecule has 1 aliphatic carbocycles. The molecule has 1 N–H and O–H groups in total. The van der Waals surface area contributed by atoms with Gasteiger partial charge >= 0.3 is 5.97 Å². The topological polar surface area (TPSA) is 89.5 Å². The summed E-state index contributed by atoms with van der Waals surface area (Å²) in [5.41, 5.74) is 0. The monoisotopic (exact) mass is 399 g/mol. The zero-order valence-electron chi connectivity index (χ0n) is 15.6. The van der Waals surface area contributed by atoms with E-state index in [-0.39, 0.29) is 23.3 Å². The summed E-state index contributed by atoms with van der Waals surface area (Å²) in [7, 11) is -3.71. The molecule has 8 heteroatoms. The molecule has 0 saturated heterocycles. The highest BCUT2D eigenvalue weighted by atomic mass is 32.2. The molecule has 0 unspecified atom stereocenters. The van der Waals surface area contributed by atoms with Gasteiger partial charge in [-0.1, -0.05) is 26.7 Å². The lowest BCUT2D eigenvalue weighted by molar-refractivity contribution is -0.148. The maximum absolute atomic E-state index is 12.9. The van der Waals surface area contributed by atoms with E-state index >= 15 is 0 Å². The Kier molecular flexibility index (Phi) is 7.35. The summed E-state index contributed by atoms with van der Waals surface area (Å²) in [6.45, 7) is 3.83. The van der Waals surface area contributed by atoms with Gasteiger partial charge in [0.1, 0.15) is 5.82 Å². The van der Waals surface area contributed by atoms with Gasteiger partial charge in [-0.2, -0.15) is 0 Å². The van der Waals surface area contributed by atoms with Gasteiger partial charge in [0.05, 0.1) is 17.1 Å². The third-order valence-electron chi connectivity index (χ3n) is 5.17. The first kappa shape index (κ1) is 21.3. The van der Waals surface area contributed by atoms with E-state index in [0.29, 0.717) is 11.8 Å². The van der Waals surface area contributed by atoms with Crippen molar-refractivity contribution in [3.05, 3.63) is 30.1 Å². The van der Waals surface area contributed by atoms with Gasteiger partial charge in [-0.05, 0) is 42.5 Å². The predicted octanol–water partition coefficient (Wildman–Crippen LogP) is 2.47. The maximum atomic E-state index is 12.9. The smallest absolute Gasteiger partial charge is 0.307 e. The second-order valence-electron chi connectivity index (χ2n) is 7.12. The van der Waals surface area contributed by atoms with E-state index in [4.69, 9.17) is 4.74 Å². The van der Waals surface area contributed by atoms with E-state index in [0.717, 1.165) is 43.5 Å². The SMILES string of the molecule is C[C@@H]1[C@H](C)CCC[C@@H]1NC(=O)COC(=O)CCS(=O)(=O)c1ccc(F)cc1. The van der Waals surface area contributed by atoms with Crippen LogP contribution in [0.4, 0.5) is 4.39 Å². The van der Waals surface area contributed by atoms with Gasteiger partial charge in [0.2, 0.25) is 0 Å². The molecule has 1 fully saturated rings. The molecule has 6 nitrogen and oxygen atoms in total. The lowest BCUT2D eigenvalue weighted by atomic mass is 9.78. The molecule has 2 rings (SSSR count). The van der Waals surface area contributed by atoms with Crippen LogP contribution in [-0.4, -0.2) is 38.7 Å². The van der Waals surface area contributed by atoms with Crippen molar-refractivity contribution in [2.24, 2.45) is 11.8 Å². The Morgan fingerprint density at radius 1 is 1.19 bits per heavy atom. The van der Waals surface area contributed by atoms with E-state index in [9.17, 15) is 22.4 Å². The molecular weight excluding hydrogens is 373 g/mol. The predicted molar refractivity (Wildman–Crippen MR) is 98.1 cm³/mol. The number of sulfone groups is 1. The molecule has 0 bridgehead atoms. The molecule has 1 aromatic rings. The molecule has 0 aliphatic heterocycles. The molecule has 0 aromatic heterocycles. The first-order chi connectivity index (χ1) is 12.7. The summed E-state index contributed by atoms with van der Waals surface area (Å²) in [5.74, 6) is -1.25. The second-order valence-corrected chi connectivity index (χ2v) is 9.23. The Hall–Kier alpha value is -1.96. The molecule has 1 aromatic carbocycles. The lowest BCUT2D eigenvalue weighted by Gasteiger charge is -2.34. The Bertz CT molecular complexity index is 763. The Labute approximate surface area is 159 Å². The second kappa shape index (κ2) is 9.30. The third kappa shape index (κ3) is 6.30. The minimum Gasteiger partial charge on any atom is -0.456 e. The summed E-state index contributed by atoms with van der Waals surface area (Å²) in [6.07, 6.45) is 2.73. The van der Waals surface area contributed by atoms with Gasteiger partial charge < -0.3 is 10.1 Å². The van der Waals surface area contributed by atoms with Crippen molar-refractivity contribution in [2.75, 3.05) is 12.4 Å². The molecule has 150 valence electrons.